The molecule has 1 aliphatic rings. The molecule has 1 aromatic carbocycles. The number of halogens is 1. The van der Waals surface area contributed by atoms with E-state index in [2.05, 4.69) is 52.7 Å². The van der Waals surface area contributed by atoms with Crippen molar-refractivity contribution in [1.29, 1.82) is 0 Å². The van der Waals surface area contributed by atoms with Crippen molar-refractivity contribution >= 4 is 11.4 Å². The van der Waals surface area contributed by atoms with Gasteiger partial charge in [-0.2, -0.15) is 5.10 Å². The molecule has 3 N–H and O–H groups in total. The fraction of sp³-hybridized carbons (Fsp3) is 0.381. The fourth-order valence-corrected chi connectivity index (χ4v) is 3.26. The molecule has 1 aliphatic heterocycles. The SMILES string of the molecule is CCCN(C)CCNc1n[nH]c(-c2ccc(F)cc2)c1C1=CC(C)NC=C1. The van der Waals surface area contributed by atoms with Gasteiger partial charge in [-0.15, -0.1) is 0 Å². The molecule has 1 aromatic heterocycles. The largest absolute Gasteiger partial charge is 0.385 e. The minimum absolute atomic E-state index is 0.240. The van der Waals surface area contributed by atoms with Gasteiger partial charge in [-0.25, -0.2) is 4.39 Å². The van der Waals surface area contributed by atoms with Crippen LogP contribution < -0.4 is 10.6 Å². The molecule has 0 saturated carbocycles. The van der Waals surface area contributed by atoms with E-state index in [4.69, 9.17) is 0 Å². The summed E-state index contributed by atoms with van der Waals surface area (Å²) in [5.74, 6) is 0.580. The van der Waals surface area contributed by atoms with Crippen LogP contribution in [0.2, 0.25) is 0 Å². The van der Waals surface area contributed by atoms with Crippen molar-refractivity contribution < 1.29 is 4.39 Å². The van der Waals surface area contributed by atoms with E-state index in [1.807, 2.05) is 12.3 Å². The van der Waals surface area contributed by atoms with Crippen LogP contribution in [0.15, 0.2) is 42.6 Å². The molecule has 3 rings (SSSR count). The highest BCUT2D eigenvalue weighted by Crippen LogP contribution is 2.34. The molecular weight excluding hydrogens is 341 g/mol. The van der Waals surface area contributed by atoms with Crippen LogP contribution in [-0.2, 0) is 0 Å². The summed E-state index contributed by atoms with van der Waals surface area (Å²) in [5.41, 5.74) is 3.92. The molecule has 6 heteroatoms. The summed E-state index contributed by atoms with van der Waals surface area (Å²) in [4.78, 5) is 2.30. The molecule has 0 aliphatic carbocycles. The van der Waals surface area contributed by atoms with Crippen LogP contribution >= 0.6 is 0 Å². The number of aromatic amines is 1. The molecule has 0 fully saturated rings. The third kappa shape index (κ3) is 4.77. The second-order valence-electron chi connectivity index (χ2n) is 6.97. The maximum Gasteiger partial charge on any atom is 0.156 e. The molecule has 2 heterocycles. The highest BCUT2D eigenvalue weighted by atomic mass is 19.1. The van der Waals surface area contributed by atoms with Crippen LogP contribution in [0.3, 0.4) is 0 Å². The summed E-state index contributed by atoms with van der Waals surface area (Å²) in [6.07, 6.45) is 7.32. The molecule has 0 saturated heterocycles. The van der Waals surface area contributed by atoms with Gasteiger partial charge in [0.1, 0.15) is 5.82 Å². The molecule has 1 atom stereocenters. The Kier molecular flexibility index (Phi) is 6.29. The number of benzene rings is 1. The number of rotatable bonds is 8. The predicted molar refractivity (Wildman–Crippen MR) is 110 cm³/mol. The number of anilines is 1. The normalized spacial score (nSPS) is 16.3. The number of H-pyrrole nitrogens is 1. The van der Waals surface area contributed by atoms with Gasteiger partial charge < -0.3 is 15.5 Å². The number of likely N-dealkylation sites (N-methyl/N-ethyl adjacent to an activating group) is 1. The molecule has 2 aromatic rings. The Morgan fingerprint density at radius 3 is 2.70 bits per heavy atom. The molecular formula is C21H28FN5. The Bertz CT molecular complexity index is 806. The number of hydrogen-bond donors (Lipinski definition) is 3. The smallest absolute Gasteiger partial charge is 0.156 e. The van der Waals surface area contributed by atoms with Gasteiger partial charge in [0, 0.05) is 24.7 Å². The number of allylic oxidation sites excluding steroid dienone is 2. The van der Waals surface area contributed by atoms with E-state index in [9.17, 15) is 4.39 Å². The van der Waals surface area contributed by atoms with E-state index in [1.165, 1.54) is 12.1 Å². The zero-order chi connectivity index (χ0) is 19.2. The molecule has 0 bridgehead atoms. The number of aromatic nitrogens is 2. The van der Waals surface area contributed by atoms with Gasteiger partial charge in [-0.1, -0.05) is 13.0 Å². The molecule has 0 radical (unpaired) electrons. The van der Waals surface area contributed by atoms with Gasteiger partial charge in [0.25, 0.3) is 0 Å². The maximum atomic E-state index is 13.3. The van der Waals surface area contributed by atoms with Crippen LogP contribution in [0.1, 0.15) is 25.8 Å². The topological polar surface area (TPSA) is 56.0 Å². The Labute approximate surface area is 160 Å². The summed E-state index contributed by atoms with van der Waals surface area (Å²) < 4.78 is 13.3. The van der Waals surface area contributed by atoms with Gasteiger partial charge in [0.05, 0.1) is 11.3 Å². The Hall–Kier alpha value is -2.60. The van der Waals surface area contributed by atoms with Crippen LogP contribution in [0.25, 0.3) is 16.8 Å². The Morgan fingerprint density at radius 1 is 1.22 bits per heavy atom. The monoisotopic (exact) mass is 369 g/mol. The zero-order valence-electron chi connectivity index (χ0n) is 16.2. The number of hydrogen-bond acceptors (Lipinski definition) is 4. The predicted octanol–water partition coefficient (Wildman–Crippen LogP) is 3.86. The van der Waals surface area contributed by atoms with Crippen molar-refractivity contribution in [1.82, 2.24) is 20.4 Å². The first kappa shape index (κ1) is 19.2. The summed E-state index contributed by atoms with van der Waals surface area (Å²) in [5, 5.41) is 14.4. The standard InChI is InChI=1S/C21H28FN5/c1-4-12-27(3)13-11-24-21-19(17-9-10-23-15(2)14-17)20(25-26-21)16-5-7-18(22)8-6-16/h5-10,14-15,23H,4,11-13H2,1-3H3,(H2,24,25,26). The molecule has 0 amide bonds. The number of dihydropyridines is 1. The Balaban J connectivity index is 1.89. The summed E-state index contributed by atoms with van der Waals surface area (Å²) in [6, 6.07) is 6.74. The highest BCUT2D eigenvalue weighted by Gasteiger charge is 2.19. The first-order valence-electron chi connectivity index (χ1n) is 9.50. The fourth-order valence-electron chi connectivity index (χ4n) is 3.26. The number of nitrogens with one attached hydrogen (secondary N) is 3. The van der Waals surface area contributed by atoms with Crippen molar-refractivity contribution in [2.45, 2.75) is 26.3 Å². The van der Waals surface area contributed by atoms with E-state index in [0.29, 0.717) is 0 Å². The summed E-state index contributed by atoms with van der Waals surface area (Å²) >= 11 is 0. The van der Waals surface area contributed by atoms with Crippen LogP contribution in [0.5, 0.6) is 0 Å². The van der Waals surface area contributed by atoms with Crippen LogP contribution in [0.4, 0.5) is 10.2 Å². The summed E-state index contributed by atoms with van der Waals surface area (Å²) in [7, 11) is 2.13. The van der Waals surface area contributed by atoms with Gasteiger partial charge in [0.15, 0.2) is 5.82 Å². The minimum atomic E-state index is -0.244. The third-order valence-electron chi connectivity index (χ3n) is 4.63. The highest BCUT2D eigenvalue weighted by molar-refractivity contribution is 5.90. The van der Waals surface area contributed by atoms with Gasteiger partial charge in [-0.05, 0) is 69.1 Å². The lowest BCUT2D eigenvalue weighted by Gasteiger charge is -2.18. The third-order valence-corrected chi connectivity index (χ3v) is 4.63. The van der Waals surface area contributed by atoms with Crippen molar-refractivity contribution in [2.75, 3.05) is 32.0 Å². The lowest BCUT2D eigenvalue weighted by Crippen LogP contribution is -2.26. The molecule has 144 valence electrons. The number of nitrogens with zero attached hydrogens (tertiary/aromatic N) is 2. The molecule has 0 spiro atoms. The van der Waals surface area contributed by atoms with Gasteiger partial charge >= 0.3 is 0 Å². The van der Waals surface area contributed by atoms with E-state index >= 15 is 0 Å². The molecule has 27 heavy (non-hydrogen) atoms. The average Bonchev–Trinajstić information content (AvgIpc) is 3.06. The molecule has 1 unspecified atom stereocenters. The van der Waals surface area contributed by atoms with Gasteiger partial charge in [-0.3, -0.25) is 5.10 Å². The van der Waals surface area contributed by atoms with Crippen LogP contribution in [0, 0.1) is 5.82 Å². The Morgan fingerprint density at radius 2 is 2.00 bits per heavy atom. The maximum absolute atomic E-state index is 13.3. The van der Waals surface area contributed by atoms with Crippen molar-refractivity contribution in [3.05, 3.63) is 54.0 Å². The lowest BCUT2D eigenvalue weighted by molar-refractivity contribution is 0.347. The summed E-state index contributed by atoms with van der Waals surface area (Å²) in [6.45, 7) is 7.11. The van der Waals surface area contributed by atoms with Crippen molar-refractivity contribution in [3.8, 4) is 11.3 Å². The van der Waals surface area contributed by atoms with Crippen LogP contribution in [-0.4, -0.2) is 47.8 Å². The first-order valence-corrected chi connectivity index (χ1v) is 9.50. The van der Waals surface area contributed by atoms with E-state index in [-0.39, 0.29) is 11.9 Å². The van der Waals surface area contributed by atoms with Gasteiger partial charge in [0.2, 0.25) is 0 Å². The van der Waals surface area contributed by atoms with E-state index < -0.39 is 0 Å². The average molecular weight is 369 g/mol. The minimum Gasteiger partial charge on any atom is -0.385 e. The zero-order valence-corrected chi connectivity index (χ0v) is 16.2. The second-order valence-corrected chi connectivity index (χ2v) is 6.97. The van der Waals surface area contributed by atoms with Crippen molar-refractivity contribution in [2.24, 2.45) is 0 Å². The van der Waals surface area contributed by atoms with E-state index in [1.54, 1.807) is 12.1 Å². The lowest BCUT2D eigenvalue weighted by atomic mass is 9.97. The quantitative estimate of drug-likeness (QED) is 0.661. The first-order chi connectivity index (χ1) is 13.1. The van der Waals surface area contributed by atoms with E-state index in [0.717, 1.165) is 54.3 Å². The second kappa shape index (κ2) is 8.86. The van der Waals surface area contributed by atoms with Crippen molar-refractivity contribution in [3.63, 3.8) is 0 Å². The molecule has 5 nitrogen and oxygen atoms in total.